The Morgan fingerprint density at radius 1 is 1.19 bits per heavy atom. The zero-order valence-electron chi connectivity index (χ0n) is 17.7. The second kappa shape index (κ2) is 8.75. The standard InChI is InChI=1S/C22H24N8O2/c1-32-19-9-7-18(8-10-19)30-22(31)23-20(26-30)17-6-3-11-29(14-17)13-15-4-2-5-16(12-15)21-24-27-28-25-21/h2,4-5,7-10,12,17H,3,6,11,13-14H2,1H3,(H,23,26,31)(H,24,25,27,28). The Morgan fingerprint density at radius 2 is 2.06 bits per heavy atom. The molecule has 1 fully saturated rings. The van der Waals surface area contributed by atoms with Gasteiger partial charge >= 0.3 is 5.69 Å². The first kappa shape index (κ1) is 20.1. The third-order valence-electron chi connectivity index (χ3n) is 5.78. The summed E-state index contributed by atoms with van der Waals surface area (Å²) in [6.07, 6.45) is 2.04. The van der Waals surface area contributed by atoms with Gasteiger partial charge in [0.25, 0.3) is 0 Å². The Morgan fingerprint density at radius 3 is 2.84 bits per heavy atom. The number of piperidine rings is 1. The molecule has 1 atom stereocenters. The number of nitrogens with one attached hydrogen (secondary N) is 2. The Hall–Kier alpha value is -3.79. The van der Waals surface area contributed by atoms with E-state index in [1.54, 1.807) is 7.11 Å². The Bertz CT molecular complexity index is 1230. The molecule has 32 heavy (non-hydrogen) atoms. The molecule has 2 aromatic heterocycles. The number of aromatic amines is 2. The van der Waals surface area contributed by atoms with Crippen LogP contribution < -0.4 is 10.4 Å². The van der Waals surface area contributed by atoms with E-state index in [-0.39, 0.29) is 11.6 Å². The van der Waals surface area contributed by atoms with E-state index < -0.39 is 0 Å². The Balaban J connectivity index is 1.30. The maximum atomic E-state index is 12.5. The lowest BCUT2D eigenvalue weighted by Crippen LogP contribution is -2.34. The molecule has 0 spiro atoms. The van der Waals surface area contributed by atoms with Crippen molar-refractivity contribution < 1.29 is 4.74 Å². The van der Waals surface area contributed by atoms with Gasteiger partial charge in [0.1, 0.15) is 11.6 Å². The lowest BCUT2D eigenvalue weighted by atomic mass is 9.97. The molecular weight excluding hydrogens is 408 g/mol. The second-order valence-corrected chi connectivity index (χ2v) is 7.94. The van der Waals surface area contributed by atoms with Crippen molar-refractivity contribution in [1.82, 2.24) is 40.3 Å². The van der Waals surface area contributed by atoms with Crippen molar-refractivity contribution in [3.05, 3.63) is 70.4 Å². The minimum atomic E-state index is -0.227. The predicted octanol–water partition coefficient (Wildman–Crippen LogP) is 2.13. The number of benzene rings is 2. The topological polar surface area (TPSA) is 118 Å². The van der Waals surface area contributed by atoms with Crippen molar-refractivity contribution in [2.45, 2.75) is 25.3 Å². The van der Waals surface area contributed by atoms with E-state index in [1.165, 1.54) is 10.2 Å². The number of tetrazole rings is 1. The van der Waals surface area contributed by atoms with Gasteiger partial charge in [-0.3, -0.25) is 9.88 Å². The van der Waals surface area contributed by atoms with Gasteiger partial charge in [0.05, 0.1) is 12.8 Å². The molecule has 1 aliphatic heterocycles. The highest BCUT2D eigenvalue weighted by molar-refractivity contribution is 5.54. The van der Waals surface area contributed by atoms with Crippen LogP contribution in [0.15, 0.2) is 53.3 Å². The van der Waals surface area contributed by atoms with Crippen LogP contribution in [0.25, 0.3) is 17.1 Å². The highest BCUT2D eigenvalue weighted by Gasteiger charge is 2.25. The summed E-state index contributed by atoms with van der Waals surface area (Å²) in [5.41, 5.74) is 2.61. The molecule has 10 nitrogen and oxygen atoms in total. The minimum Gasteiger partial charge on any atom is -0.497 e. The first-order valence-corrected chi connectivity index (χ1v) is 10.6. The summed E-state index contributed by atoms with van der Waals surface area (Å²) < 4.78 is 6.61. The Labute approximate surface area is 184 Å². The Kier molecular flexibility index (Phi) is 5.51. The minimum absolute atomic E-state index is 0.177. The first-order valence-electron chi connectivity index (χ1n) is 10.6. The van der Waals surface area contributed by atoms with E-state index in [0.717, 1.165) is 49.6 Å². The summed E-state index contributed by atoms with van der Waals surface area (Å²) in [6.45, 7) is 2.65. The average molecular weight is 432 g/mol. The molecule has 2 aromatic carbocycles. The molecule has 5 rings (SSSR count). The van der Waals surface area contributed by atoms with Gasteiger partial charge in [-0.15, -0.1) is 15.3 Å². The molecule has 1 unspecified atom stereocenters. The first-order chi connectivity index (χ1) is 15.7. The lowest BCUT2D eigenvalue weighted by Gasteiger charge is -2.31. The number of hydrogen-bond donors (Lipinski definition) is 2. The van der Waals surface area contributed by atoms with Crippen LogP contribution in [0.4, 0.5) is 0 Å². The van der Waals surface area contributed by atoms with E-state index in [0.29, 0.717) is 11.5 Å². The summed E-state index contributed by atoms with van der Waals surface area (Å²) >= 11 is 0. The van der Waals surface area contributed by atoms with Gasteiger partial charge in [0.2, 0.25) is 5.82 Å². The van der Waals surface area contributed by atoms with Crippen LogP contribution in [0, 0.1) is 0 Å². The van der Waals surface area contributed by atoms with Gasteiger partial charge in [-0.25, -0.2) is 4.79 Å². The summed E-state index contributed by atoms with van der Waals surface area (Å²) in [4.78, 5) is 17.9. The van der Waals surface area contributed by atoms with Gasteiger partial charge in [0, 0.05) is 24.6 Å². The maximum Gasteiger partial charge on any atom is 0.348 e. The molecule has 10 heteroatoms. The fourth-order valence-corrected chi connectivity index (χ4v) is 4.20. The molecule has 3 heterocycles. The number of likely N-dealkylation sites (tertiary alicyclic amines) is 1. The molecule has 0 bridgehead atoms. The summed E-state index contributed by atoms with van der Waals surface area (Å²) in [5, 5.41) is 18.8. The monoisotopic (exact) mass is 432 g/mol. The highest BCUT2D eigenvalue weighted by atomic mass is 16.5. The zero-order valence-corrected chi connectivity index (χ0v) is 17.7. The molecule has 0 radical (unpaired) electrons. The lowest BCUT2D eigenvalue weighted by molar-refractivity contribution is 0.196. The van der Waals surface area contributed by atoms with E-state index in [4.69, 9.17) is 4.74 Å². The number of rotatable bonds is 6. The number of ether oxygens (including phenoxy) is 1. The SMILES string of the molecule is COc1ccc(-n2nc(C3CCCN(Cc4cccc(-c5nn[nH]n5)c4)C3)[nH]c2=O)cc1. The smallest absolute Gasteiger partial charge is 0.348 e. The fourth-order valence-electron chi connectivity index (χ4n) is 4.20. The van der Waals surface area contributed by atoms with Gasteiger partial charge < -0.3 is 4.74 Å². The van der Waals surface area contributed by atoms with Crippen LogP contribution in [0.2, 0.25) is 0 Å². The number of aromatic nitrogens is 7. The van der Waals surface area contributed by atoms with Crippen molar-refractivity contribution in [2.75, 3.05) is 20.2 Å². The average Bonchev–Trinajstić information content (AvgIpc) is 3.50. The van der Waals surface area contributed by atoms with Crippen molar-refractivity contribution in [1.29, 1.82) is 0 Å². The van der Waals surface area contributed by atoms with Crippen molar-refractivity contribution in [2.24, 2.45) is 0 Å². The van der Waals surface area contributed by atoms with Crippen LogP contribution >= 0.6 is 0 Å². The number of nitrogens with zero attached hydrogens (tertiary/aromatic N) is 6. The molecule has 4 aromatic rings. The maximum absolute atomic E-state index is 12.5. The van der Waals surface area contributed by atoms with Crippen LogP contribution in [0.5, 0.6) is 5.75 Å². The fraction of sp³-hybridized carbons (Fsp3) is 0.318. The molecule has 2 N–H and O–H groups in total. The van der Waals surface area contributed by atoms with Gasteiger partial charge in [-0.1, -0.05) is 18.2 Å². The highest BCUT2D eigenvalue weighted by Crippen LogP contribution is 2.26. The van der Waals surface area contributed by atoms with Gasteiger partial charge in [0.15, 0.2) is 0 Å². The molecule has 164 valence electrons. The number of H-pyrrole nitrogens is 2. The molecular formula is C22H24N8O2. The summed E-state index contributed by atoms with van der Waals surface area (Å²) in [5.74, 6) is 2.24. The van der Waals surface area contributed by atoms with Crippen LogP contribution in [0.1, 0.15) is 30.1 Å². The molecule has 1 aliphatic rings. The summed E-state index contributed by atoms with van der Waals surface area (Å²) in [7, 11) is 1.62. The van der Waals surface area contributed by atoms with Gasteiger partial charge in [-0.05, 0) is 60.5 Å². The summed E-state index contributed by atoms with van der Waals surface area (Å²) in [6, 6.07) is 15.5. The van der Waals surface area contributed by atoms with Crippen molar-refractivity contribution >= 4 is 0 Å². The quantitative estimate of drug-likeness (QED) is 0.479. The zero-order chi connectivity index (χ0) is 21.9. The van der Waals surface area contributed by atoms with Crippen molar-refractivity contribution in [3.63, 3.8) is 0 Å². The molecule has 1 saturated heterocycles. The number of hydrogen-bond acceptors (Lipinski definition) is 7. The van der Waals surface area contributed by atoms with Crippen LogP contribution in [-0.4, -0.2) is 60.5 Å². The predicted molar refractivity (Wildman–Crippen MR) is 118 cm³/mol. The molecule has 0 aliphatic carbocycles. The van der Waals surface area contributed by atoms with Crippen LogP contribution in [0.3, 0.4) is 0 Å². The van der Waals surface area contributed by atoms with E-state index >= 15 is 0 Å². The van der Waals surface area contributed by atoms with Crippen molar-refractivity contribution in [3.8, 4) is 22.8 Å². The van der Waals surface area contributed by atoms with E-state index in [1.807, 2.05) is 36.4 Å². The van der Waals surface area contributed by atoms with E-state index in [9.17, 15) is 4.79 Å². The molecule has 0 amide bonds. The molecule has 0 saturated carbocycles. The van der Waals surface area contributed by atoms with Gasteiger partial charge in [-0.2, -0.15) is 9.90 Å². The third kappa shape index (κ3) is 4.17. The number of methoxy groups -OCH3 is 1. The second-order valence-electron chi connectivity index (χ2n) is 7.94. The van der Waals surface area contributed by atoms with E-state index in [2.05, 4.69) is 47.7 Å². The largest absolute Gasteiger partial charge is 0.497 e. The van der Waals surface area contributed by atoms with Crippen LogP contribution in [-0.2, 0) is 6.54 Å². The third-order valence-corrected chi connectivity index (χ3v) is 5.78. The normalized spacial score (nSPS) is 16.8.